The molecule has 0 spiro atoms. The van der Waals surface area contributed by atoms with Gasteiger partial charge in [-0.1, -0.05) is 6.92 Å². The predicted molar refractivity (Wildman–Crippen MR) is 161 cm³/mol. The van der Waals surface area contributed by atoms with Crippen molar-refractivity contribution < 1.29 is 19.4 Å². The molecule has 226 valence electrons. The first-order chi connectivity index (χ1) is 20.4. The fraction of sp³-hybridized carbons (Fsp3) is 0.484. The van der Waals surface area contributed by atoms with Gasteiger partial charge in [-0.05, 0) is 70.7 Å². The van der Waals surface area contributed by atoms with E-state index < -0.39 is 17.1 Å². The number of aliphatic hydroxyl groups excluding tert-OH is 1. The van der Waals surface area contributed by atoms with Crippen molar-refractivity contribution in [2.45, 2.75) is 71.4 Å². The molecule has 3 aromatic rings. The molecule has 2 aromatic heterocycles. The van der Waals surface area contributed by atoms with Crippen molar-refractivity contribution in [3.05, 3.63) is 47.3 Å². The Bertz CT molecular complexity index is 1580. The van der Waals surface area contributed by atoms with E-state index in [0.717, 1.165) is 38.0 Å². The van der Waals surface area contributed by atoms with Gasteiger partial charge in [0.25, 0.3) is 0 Å². The van der Waals surface area contributed by atoms with Crippen LogP contribution in [0.25, 0.3) is 11.3 Å². The molecule has 1 aromatic carbocycles. The second-order valence-corrected chi connectivity index (χ2v) is 12.5. The fourth-order valence-electron chi connectivity index (χ4n) is 5.57. The maximum absolute atomic E-state index is 13.1. The maximum atomic E-state index is 13.1. The van der Waals surface area contributed by atoms with Gasteiger partial charge in [0.1, 0.15) is 24.0 Å². The van der Waals surface area contributed by atoms with Crippen LogP contribution in [0.2, 0.25) is 0 Å². The van der Waals surface area contributed by atoms with E-state index >= 15 is 0 Å². The van der Waals surface area contributed by atoms with E-state index in [9.17, 15) is 20.0 Å². The number of anilines is 3. The number of nitrogens with one attached hydrogen (secondary N) is 1. The van der Waals surface area contributed by atoms with Gasteiger partial charge in [-0.2, -0.15) is 10.4 Å². The Balaban J connectivity index is 1.45. The summed E-state index contributed by atoms with van der Waals surface area (Å²) in [6.07, 6.45) is 4.21. The predicted octanol–water partition coefficient (Wildman–Crippen LogP) is 4.28. The van der Waals surface area contributed by atoms with Crippen LogP contribution in [0, 0.1) is 18.3 Å². The first kappa shape index (κ1) is 30.0. The molecule has 1 atom stereocenters. The highest BCUT2D eigenvalue weighted by Crippen LogP contribution is 2.45. The summed E-state index contributed by atoms with van der Waals surface area (Å²) in [4.78, 5) is 38.4. The van der Waals surface area contributed by atoms with Crippen LogP contribution < -0.4 is 10.2 Å². The van der Waals surface area contributed by atoms with Crippen LogP contribution in [0.3, 0.4) is 0 Å². The highest BCUT2D eigenvalue weighted by molar-refractivity contribution is 5.95. The Kier molecular flexibility index (Phi) is 8.12. The highest BCUT2D eigenvalue weighted by Gasteiger charge is 2.44. The number of nitriles is 1. The molecular weight excluding hydrogens is 548 g/mol. The maximum Gasteiger partial charge on any atom is 0.414 e. The largest absolute Gasteiger partial charge is 0.443 e. The molecule has 2 amide bonds. The van der Waals surface area contributed by atoms with Crippen molar-refractivity contribution in [2.24, 2.45) is 0 Å². The molecule has 1 saturated heterocycles. The molecule has 5 rings (SSSR count). The fourth-order valence-corrected chi connectivity index (χ4v) is 5.57. The van der Waals surface area contributed by atoms with Crippen LogP contribution >= 0.6 is 0 Å². The van der Waals surface area contributed by atoms with Gasteiger partial charge in [-0.3, -0.25) is 9.69 Å². The number of hydrogen-bond donors (Lipinski definition) is 2. The topological polar surface area (TPSA) is 150 Å². The molecule has 2 aliphatic heterocycles. The van der Waals surface area contributed by atoms with Gasteiger partial charge >= 0.3 is 6.09 Å². The van der Waals surface area contributed by atoms with Crippen molar-refractivity contribution in [3.63, 3.8) is 0 Å². The van der Waals surface area contributed by atoms with Crippen molar-refractivity contribution in [3.8, 4) is 17.3 Å². The van der Waals surface area contributed by atoms with Crippen LogP contribution in [-0.4, -0.2) is 73.6 Å². The summed E-state index contributed by atoms with van der Waals surface area (Å²) in [7, 11) is 0. The van der Waals surface area contributed by atoms with Gasteiger partial charge in [0.15, 0.2) is 0 Å². The Labute approximate surface area is 251 Å². The number of fused-ring (bicyclic) bond motifs is 1. The summed E-state index contributed by atoms with van der Waals surface area (Å²) in [5.74, 6) is 0.908. The summed E-state index contributed by atoms with van der Waals surface area (Å²) >= 11 is 0. The lowest BCUT2D eigenvalue weighted by Gasteiger charge is -2.26. The minimum Gasteiger partial charge on any atom is -0.443 e. The lowest BCUT2D eigenvalue weighted by atomic mass is 9.83. The molecule has 2 aliphatic rings. The zero-order valence-electron chi connectivity index (χ0n) is 25.3. The molecule has 0 saturated carbocycles. The molecule has 2 N–H and O–H groups in total. The number of piperidine rings is 1. The zero-order valence-corrected chi connectivity index (χ0v) is 25.3. The van der Waals surface area contributed by atoms with E-state index in [-0.39, 0.29) is 31.2 Å². The monoisotopic (exact) mass is 586 g/mol. The van der Waals surface area contributed by atoms with Crippen LogP contribution in [0.1, 0.15) is 63.8 Å². The van der Waals surface area contributed by atoms with Gasteiger partial charge in [-0.15, -0.1) is 0 Å². The lowest BCUT2D eigenvalue weighted by Crippen LogP contribution is -2.40. The van der Waals surface area contributed by atoms with Crippen LogP contribution in [0.5, 0.6) is 0 Å². The van der Waals surface area contributed by atoms with Crippen molar-refractivity contribution >= 4 is 29.5 Å². The van der Waals surface area contributed by atoms with Crippen molar-refractivity contribution in [1.29, 1.82) is 5.26 Å². The second kappa shape index (κ2) is 11.6. The number of aromatic nitrogens is 4. The normalized spacial score (nSPS) is 18.3. The van der Waals surface area contributed by atoms with Crippen LogP contribution in [0.15, 0.2) is 30.5 Å². The first-order valence-electron chi connectivity index (χ1n) is 14.5. The van der Waals surface area contributed by atoms with Gasteiger partial charge in [0.05, 0.1) is 29.2 Å². The minimum atomic E-state index is -0.813. The number of nitrogens with zero attached hydrogens (tertiary/aromatic N) is 7. The average molecular weight is 587 g/mol. The van der Waals surface area contributed by atoms with Crippen molar-refractivity contribution in [1.82, 2.24) is 24.6 Å². The van der Waals surface area contributed by atoms with E-state index in [0.29, 0.717) is 34.3 Å². The summed E-state index contributed by atoms with van der Waals surface area (Å²) in [6, 6.07) is 9.32. The number of carbonyl (C=O) groups is 2. The van der Waals surface area contributed by atoms with Gasteiger partial charge < -0.3 is 20.1 Å². The molecule has 0 aliphatic carbocycles. The average Bonchev–Trinajstić information content (AvgIpc) is 3.48. The Hall–Kier alpha value is -4.50. The Morgan fingerprint density at radius 3 is 2.60 bits per heavy atom. The third-order valence-electron chi connectivity index (χ3n) is 7.71. The summed E-state index contributed by atoms with van der Waals surface area (Å²) < 4.78 is 7.24. The zero-order chi connectivity index (χ0) is 30.9. The number of benzene rings is 1. The van der Waals surface area contributed by atoms with E-state index in [1.165, 1.54) is 4.90 Å². The molecule has 0 bridgehead atoms. The van der Waals surface area contributed by atoms with Crippen molar-refractivity contribution in [2.75, 3.05) is 36.5 Å². The molecule has 4 heterocycles. The number of ether oxygens (including phenoxy) is 1. The number of carbonyl (C=O) groups excluding carboxylic acids is 2. The second-order valence-electron chi connectivity index (χ2n) is 12.5. The molecule has 12 heteroatoms. The number of aliphatic hydroxyl groups is 1. The third-order valence-corrected chi connectivity index (χ3v) is 7.71. The highest BCUT2D eigenvalue weighted by atomic mass is 16.6. The molecule has 0 unspecified atom stereocenters. The molecule has 0 radical (unpaired) electrons. The number of rotatable bonds is 6. The summed E-state index contributed by atoms with van der Waals surface area (Å²) in [5.41, 5.74) is 1.76. The molecule has 12 nitrogen and oxygen atoms in total. The quantitative estimate of drug-likeness (QED) is 0.431. The molecular formula is C31H38N8O4. The van der Waals surface area contributed by atoms with E-state index in [2.05, 4.69) is 21.5 Å². The number of amides is 2. The van der Waals surface area contributed by atoms with E-state index in [1.807, 2.05) is 30.9 Å². The number of likely N-dealkylation sites (tertiary alicyclic amines) is 1. The van der Waals surface area contributed by atoms with Crippen LogP contribution in [-0.2, 0) is 21.5 Å². The standard InChI is InChI=1S/C31H38N8O4/c1-20-13-25(39(36-20)17-26(41)37-11-7-6-8-12-37)35-28-33-10-9-24(34-28)21-14-22(16-32)27-23(15-21)31(5,19-40)18-38(27)29(42)43-30(2,3)4/h9-10,13-15,40H,6-8,11-12,17-19H2,1-5H3,(H,33,34,35)/t31-/m1/s1. The van der Waals surface area contributed by atoms with E-state index in [1.54, 1.807) is 43.8 Å². The SMILES string of the molecule is Cc1cc(Nc2nccc(-c3cc(C#N)c4c(c3)[C@@](C)(CO)CN4C(=O)OC(C)(C)C)n2)n(CC(=O)N2CCCCC2)n1. The Morgan fingerprint density at radius 2 is 1.93 bits per heavy atom. The smallest absolute Gasteiger partial charge is 0.414 e. The Morgan fingerprint density at radius 1 is 1.19 bits per heavy atom. The van der Waals surface area contributed by atoms with E-state index in [4.69, 9.17) is 9.72 Å². The number of aryl methyl sites for hydroxylation is 1. The minimum absolute atomic E-state index is 0.0232. The van der Waals surface area contributed by atoms with Gasteiger partial charge in [0, 0.05) is 42.9 Å². The third kappa shape index (κ3) is 6.32. The van der Waals surface area contributed by atoms with Gasteiger partial charge in [0.2, 0.25) is 11.9 Å². The summed E-state index contributed by atoms with van der Waals surface area (Å²) in [6.45, 7) is 10.6. The first-order valence-corrected chi connectivity index (χ1v) is 14.5. The van der Waals surface area contributed by atoms with Gasteiger partial charge in [-0.25, -0.2) is 19.4 Å². The lowest BCUT2D eigenvalue weighted by molar-refractivity contribution is -0.132. The molecule has 1 fully saturated rings. The molecule has 43 heavy (non-hydrogen) atoms. The summed E-state index contributed by atoms with van der Waals surface area (Å²) in [5, 5.41) is 28.2. The number of hydrogen-bond acceptors (Lipinski definition) is 9. The van der Waals surface area contributed by atoms with Crippen LogP contribution in [0.4, 0.5) is 22.2 Å².